The lowest BCUT2D eigenvalue weighted by Crippen LogP contribution is -2.24. The van der Waals surface area contributed by atoms with E-state index in [1.54, 1.807) is 20.8 Å². The number of halogens is 4. The fourth-order valence-corrected chi connectivity index (χ4v) is 1.74. The smallest absolute Gasteiger partial charge is 0.326 e. The molecule has 0 aliphatic heterocycles. The summed E-state index contributed by atoms with van der Waals surface area (Å²) >= 11 is 5.84. The second-order valence-electron chi connectivity index (χ2n) is 4.40. The van der Waals surface area contributed by atoms with E-state index in [9.17, 15) is 13.2 Å². The van der Waals surface area contributed by atoms with Gasteiger partial charge in [-0.3, -0.25) is 0 Å². The van der Waals surface area contributed by atoms with Crippen molar-refractivity contribution >= 4 is 11.6 Å². The summed E-state index contributed by atoms with van der Waals surface area (Å²) in [6.45, 7) is 4.86. The van der Waals surface area contributed by atoms with Gasteiger partial charge in [-0.25, -0.2) is 4.68 Å². The van der Waals surface area contributed by atoms with E-state index in [1.165, 1.54) is 0 Å². The molecule has 0 unspecified atom stereocenters. The van der Waals surface area contributed by atoms with E-state index in [0.29, 0.717) is 0 Å². The summed E-state index contributed by atoms with van der Waals surface area (Å²) in [5.41, 5.74) is 3.48. The summed E-state index contributed by atoms with van der Waals surface area (Å²) in [5.74, 6) is 0. The highest BCUT2D eigenvalue weighted by Gasteiger charge is 2.39. The molecule has 2 N–H and O–H groups in total. The van der Waals surface area contributed by atoms with Gasteiger partial charge in [0.05, 0.1) is 5.54 Å². The SMILES string of the molecule is CC(C)(C)n1nc(C(F)(F)F)c(CN)c1Cl. The van der Waals surface area contributed by atoms with Crippen molar-refractivity contribution in [2.24, 2.45) is 5.73 Å². The maximum absolute atomic E-state index is 12.6. The van der Waals surface area contributed by atoms with E-state index in [4.69, 9.17) is 17.3 Å². The summed E-state index contributed by atoms with van der Waals surface area (Å²) < 4.78 is 39.0. The van der Waals surface area contributed by atoms with Crippen molar-refractivity contribution in [1.82, 2.24) is 9.78 Å². The van der Waals surface area contributed by atoms with Crippen LogP contribution in [-0.4, -0.2) is 9.78 Å². The third-order valence-electron chi connectivity index (χ3n) is 2.03. The number of rotatable bonds is 1. The van der Waals surface area contributed by atoms with Crippen LogP contribution >= 0.6 is 11.6 Å². The summed E-state index contributed by atoms with van der Waals surface area (Å²) in [6.07, 6.45) is -4.53. The van der Waals surface area contributed by atoms with Gasteiger partial charge in [0, 0.05) is 12.1 Å². The standard InChI is InChI=1S/C9H13ClF3N3/c1-8(2,3)16-7(10)5(4-14)6(15-16)9(11,12)13/h4,14H2,1-3H3. The molecule has 1 rings (SSSR count). The van der Waals surface area contributed by atoms with Crippen LogP contribution in [0, 0.1) is 0 Å². The summed E-state index contributed by atoms with van der Waals surface area (Å²) in [7, 11) is 0. The predicted octanol–water partition coefficient (Wildman–Crippen LogP) is 2.77. The largest absolute Gasteiger partial charge is 0.435 e. The van der Waals surface area contributed by atoms with Crippen LogP contribution in [0.25, 0.3) is 0 Å². The molecule has 1 heterocycles. The lowest BCUT2D eigenvalue weighted by atomic mass is 10.1. The first kappa shape index (κ1) is 13.3. The average Bonchev–Trinajstić information content (AvgIpc) is 2.40. The highest BCUT2D eigenvalue weighted by molar-refractivity contribution is 6.30. The second-order valence-corrected chi connectivity index (χ2v) is 4.76. The fourth-order valence-electron chi connectivity index (χ4n) is 1.28. The highest BCUT2D eigenvalue weighted by Crippen LogP contribution is 2.36. The van der Waals surface area contributed by atoms with E-state index in [0.717, 1.165) is 4.68 Å². The number of hydrogen-bond acceptors (Lipinski definition) is 2. The minimum atomic E-state index is -4.53. The number of hydrogen-bond donors (Lipinski definition) is 1. The predicted molar refractivity (Wildman–Crippen MR) is 55.1 cm³/mol. The van der Waals surface area contributed by atoms with Gasteiger partial charge in [0.2, 0.25) is 0 Å². The molecule has 0 aliphatic carbocycles. The van der Waals surface area contributed by atoms with E-state index < -0.39 is 17.4 Å². The van der Waals surface area contributed by atoms with Gasteiger partial charge in [-0.1, -0.05) is 11.6 Å². The minimum absolute atomic E-state index is 0.0534. The molecule has 1 aromatic rings. The fraction of sp³-hybridized carbons (Fsp3) is 0.667. The molecule has 0 atom stereocenters. The Hall–Kier alpha value is -0.750. The molecule has 0 spiro atoms. The van der Waals surface area contributed by atoms with Crippen LogP contribution in [0.2, 0.25) is 5.15 Å². The Kier molecular flexibility index (Phi) is 3.27. The molecular weight excluding hydrogens is 243 g/mol. The molecule has 0 fully saturated rings. The lowest BCUT2D eigenvalue weighted by molar-refractivity contribution is -0.142. The quantitative estimate of drug-likeness (QED) is 0.839. The third kappa shape index (κ3) is 2.32. The molecule has 0 bridgehead atoms. The van der Waals surface area contributed by atoms with Gasteiger partial charge in [0.15, 0.2) is 5.69 Å². The Morgan fingerprint density at radius 3 is 2.06 bits per heavy atom. The van der Waals surface area contributed by atoms with Crippen molar-refractivity contribution in [3.63, 3.8) is 0 Å². The Morgan fingerprint density at radius 2 is 1.81 bits per heavy atom. The maximum Gasteiger partial charge on any atom is 0.435 e. The molecule has 3 nitrogen and oxygen atoms in total. The molecule has 0 aliphatic rings. The molecule has 7 heteroatoms. The van der Waals surface area contributed by atoms with Crippen molar-refractivity contribution in [3.05, 3.63) is 16.4 Å². The third-order valence-corrected chi connectivity index (χ3v) is 2.42. The normalized spacial score (nSPS) is 13.2. The van der Waals surface area contributed by atoms with Crippen LogP contribution in [0.15, 0.2) is 0 Å². The lowest BCUT2D eigenvalue weighted by Gasteiger charge is -2.20. The van der Waals surface area contributed by atoms with Gasteiger partial charge in [-0.05, 0) is 20.8 Å². The molecular formula is C9H13ClF3N3. The van der Waals surface area contributed by atoms with Gasteiger partial charge in [0.1, 0.15) is 5.15 Å². The van der Waals surface area contributed by atoms with E-state index in [1.807, 2.05) is 0 Å². The van der Waals surface area contributed by atoms with Crippen molar-refractivity contribution in [1.29, 1.82) is 0 Å². The minimum Gasteiger partial charge on any atom is -0.326 e. The molecule has 92 valence electrons. The van der Waals surface area contributed by atoms with Crippen molar-refractivity contribution in [2.75, 3.05) is 0 Å². The first-order chi connectivity index (χ1) is 7.09. The summed E-state index contributed by atoms with van der Waals surface area (Å²) in [5, 5.41) is 3.45. The zero-order valence-corrected chi connectivity index (χ0v) is 9.95. The molecule has 16 heavy (non-hydrogen) atoms. The summed E-state index contributed by atoms with van der Waals surface area (Å²) in [4.78, 5) is 0. The zero-order chi connectivity index (χ0) is 12.7. The molecule has 0 radical (unpaired) electrons. The van der Waals surface area contributed by atoms with Crippen molar-refractivity contribution in [2.45, 2.75) is 39.0 Å². The monoisotopic (exact) mass is 255 g/mol. The topological polar surface area (TPSA) is 43.8 Å². The van der Waals surface area contributed by atoms with Crippen molar-refractivity contribution < 1.29 is 13.2 Å². The number of nitrogens with two attached hydrogens (primary N) is 1. The van der Waals surface area contributed by atoms with Crippen LogP contribution in [-0.2, 0) is 18.3 Å². The van der Waals surface area contributed by atoms with Crippen LogP contribution in [0.5, 0.6) is 0 Å². The van der Waals surface area contributed by atoms with Gasteiger partial charge < -0.3 is 5.73 Å². The van der Waals surface area contributed by atoms with E-state index in [2.05, 4.69) is 5.10 Å². The van der Waals surface area contributed by atoms with Crippen molar-refractivity contribution in [3.8, 4) is 0 Å². The molecule has 0 aromatic carbocycles. The first-order valence-corrected chi connectivity index (χ1v) is 5.02. The molecule has 0 amide bonds. The van der Waals surface area contributed by atoms with Gasteiger partial charge in [-0.15, -0.1) is 0 Å². The number of nitrogens with zero attached hydrogens (tertiary/aromatic N) is 2. The summed E-state index contributed by atoms with van der Waals surface area (Å²) in [6, 6.07) is 0. The van der Waals surface area contributed by atoms with E-state index in [-0.39, 0.29) is 17.3 Å². The Balaban J connectivity index is 3.44. The van der Waals surface area contributed by atoms with Crippen LogP contribution in [0.3, 0.4) is 0 Å². The Bertz CT molecular complexity index is 390. The molecule has 0 saturated heterocycles. The first-order valence-electron chi connectivity index (χ1n) is 4.64. The number of alkyl halides is 3. The molecule has 1 aromatic heterocycles. The Morgan fingerprint density at radius 1 is 1.31 bits per heavy atom. The zero-order valence-electron chi connectivity index (χ0n) is 9.19. The number of aromatic nitrogens is 2. The van der Waals surface area contributed by atoms with Crippen LogP contribution in [0.4, 0.5) is 13.2 Å². The van der Waals surface area contributed by atoms with Crippen LogP contribution in [0.1, 0.15) is 32.0 Å². The van der Waals surface area contributed by atoms with Gasteiger partial charge >= 0.3 is 6.18 Å². The second kappa shape index (κ2) is 3.92. The van der Waals surface area contributed by atoms with Gasteiger partial charge in [-0.2, -0.15) is 18.3 Å². The van der Waals surface area contributed by atoms with Crippen LogP contribution < -0.4 is 5.73 Å². The van der Waals surface area contributed by atoms with Gasteiger partial charge in [0.25, 0.3) is 0 Å². The Labute approximate surface area is 96.4 Å². The average molecular weight is 256 g/mol. The maximum atomic E-state index is 12.6. The molecule has 0 saturated carbocycles. The van der Waals surface area contributed by atoms with E-state index >= 15 is 0 Å². The highest BCUT2D eigenvalue weighted by atomic mass is 35.5.